The van der Waals surface area contributed by atoms with E-state index < -0.39 is 71.6 Å². The third kappa shape index (κ3) is 5.88. The van der Waals surface area contributed by atoms with Crippen molar-refractivity contribution in [2.24, 2.45) is 0 Å². The monoisotopic (exact) mass is 787 g/mol. The van der Waals surface area contributed by atoms with Crippen molar-refractivity contribution in [1.29, 1.82) is 0 Å². The highest BCUT2D eigenvalue weighted by molar-refractivity contribution is 6.25. The van der Waals surface area contributed by atoms with E-state index in [0.29, 0.717) is 16.7 Å². The molecular weight excluding hydrogens is 741 g/mol. The maximum Gasteiger partial charge on any atom is 0.238 e. The summed E-state index contributed by atoms with van der Waals surface area (Å²) in [6.45, 7) is 0. The van der Waals surface area contributed by atoms with Gasteiger partial charge in [0.15, 0.2) is 11.6 Å². The van der Waals surface area contributed by atoms with Gasteiger partial charge in [0.2, 0.25) is 5.95 Å². The number of benzene rings is 10. The van der Waals surface area contributed by atoms with E-state index in [4.69, 9.17) is 21.8 Å². The highest BCUT2D eigenvalue weighted by atomic mass is 15.2. The first kappa shape index (κ1) is 25.3. The van der Waals surface area contributed by atoms with Crippen LogP contribution in [0.2, 0.25) is 0 Å². The molecule has 0 saturated carbocycles. The Balaban J connectivity index is 1.25. The van der Waals surface area contributed by atoms with Gasteiger partial charge in [-0.1, -0.05) is 194 Å². The predicted octanol–water partition coefficient (Wildman–Crippen LogP) is 14.8. The van der Waals surface area contributed by atoms with Gasteiger partial charge in [-0.3, -0.25) is 4.57 Å². The Labute approximate surface area is 368 Å². The van der Waals surface area contributed by atoms with Gasteiger partial charge in [0.1, 0.15) is 0 Å². The topological polar surface area (TPSA) is 43.6 Å². The van der Waals surface area contributed by atoms with Crippen molar-refractivity contribution in [3.05, 3.63) is 218 Å². The zero-order valence-corrected chi connectivity index (χ0v) is 32.2. The van der Waals surface area contributed by atoms with Gasteiger partial charge in [-0.2, -0.15) is 9.97 Å². The van der Waals surface area contributed by atoms with Crippen LogP contribution in [0, 0.1) is 0 Å². The molecule has 0 aliphatic rings. The van der Waals surface area contributed by atoms with E-state index in [9.17, 15) is 8.22 Å². The highest BCUT2D eigenvalue weighted by Gasteiger charge is 2.22. The summed E-state index contributed by atoms with van der Waals surface area (Å²) in [5, 5.41) is 6.07. The molecule has 0 unspecified atom stereocenters. The molecule has 0 spiro atoms. The van der Waals surface area contributed by atoms with Gasteiger partial charge >= 0.3 is 0 Å². The van der Waals surface area contributed by atoms with Gasteiger partial charge in [0.05, 0.1) is 26.1 Å². The molecule has 12 aromatic rings. The summed E-state index contributed by atoms with van der Waals surface area (Å²) in [6.07, 6.45) is 0. The fourth-order valence-corrected chi connectivity index (χ4v) is 8.41. The summed E-state index contributed by atoms with van der Waals surface area (Å²) in [5.74, 6) is 0.382. The Hall–Kier alpha value is -8.21. The van der Waals surface area contributed by atoms with Crippen molar-refractivity contribution in [1.82, 2.24) is 19.5 Å². The van der Waals surface area contributed by atoms with Crippen LogP contribution in [0.1, 0.15) is 15.1 Å². The second kappa shape index (κ2) is 14.3. The summed E-state index contributed by atoms with van der Waals surface area (Å²) in [6, 6.07) is 42.3. The molecule has 0 N–H and O–H groups in total. The van der Waals surface area contributed by atoms with Crippen LogP contribution in [0.5, 0.6) is 0 Å². The normalized spacial score (nSPS) is 14.1. The summed E-state index contributed by atoms with van der Waals surface area (Å²) >= 11 is 0. The molecule has 284 valence electrons. The van der Waals surface area contributed by atoms with E-state index >= 15 is 0 Å². The fraction of sp³-hybridized carbons (Fsp3) is 0. The van der Waals surface area contributed by atoms with Crippen LogP contribution in [0.15, 0.2) is 218 Å². The molecule has 2 heterocycles. The molecule has 0 aliphatic heterocycles. The Morgan fingerprint density at radius 2 is 0.951 bits per heavy atom. The molecule has 0 fully saturated rings. The van der Waals surface area contributed by atoms with Gasteiger partial charge in [-0.05, 0) is 84.4 Å². The lowest BCUT2D eigenvalue weighted by Gasteiger charge is -2.14. The summed E-state index contributed by atoms with van der Waals surface area (Å²) in [7, 11) is 0. The molecule has 0 radical (unpaired) electrons. The van der Waals surface area contributed by atoms with Gasteiger partial charge in [0.25, 0.3) is 0 Å². The molecule has 0 amide bonds. The average Bonchev–Trinajstić information content (AvgIpc) is 3.78. The molecule has 0 atom stereocenters. The number of fused-ring (bicyclic) bond motifs is 9. The highest BCUT2D eigenvalue weighted by Crippen LogP contribution is 2.41. The van der Waals surface area contributed by atoms with Gasteiger partial charge in [-0.15, -0.1) is 0 Å². The molecule has 61 heavy (non-hydrogen) atoms. The molecule has 4 nitrogen and oxygen atoms in total. The van der Waals surface area contributed by atoms with Crippen LogP contribution in [0.4, 0.5) is 0 Å². The molecule has 2 aromatic heterocycles. The van der Waals surface area contributed by atoms with Crippen LogP contribution in [-0.4, -0.2) is 19.5 Å². The second-order valence-corrected chi connectivity index (χ2v) is 14.7. The minimum atomic E-state index is -0.686. The first-order chi connectivity index (χ1) is 34.8. The fourth-order valence-electron chi connectivity index (χ4n) is 8.41. The largest absolute Gasteiger partial charge is 0.277 e. The Morgan fingerprint density at radius 3 is 1.67 bits per heavy atom. The van der Waals surface area contributed by atoms with E-state index in [1.807, 2.05) is 121 Å². The van der Waals surface area contributed by atoms with Crippen LogP contribution in [-0.2, 0) is 0 Å². The third-order valence-corrected chi connectivity index (χ3v) is 11.2. The Bertz CT molecular complexity index is 4230. The molecule has 4 heteroatoms. The first-order valence-electron chi connectivity index (χ1n) is 25.3. The number of nitrogens with zero attached hydrogens (tertiary/aromatic N) is 4. The Morgan fingerprint density at radius 1 is 0.344 bits per heavy atom. The summed E-state index contributed by atoms with van der Waals surface area (Å²) in [4.78, 5) is 15.3. The number of aromatic nitrogens is 4. The third-order valence-electron chi connectivity index (χ3n) is 11.2. The molecule has 0 aliphatic carbocycles. The number of rotatable bonds is 6. The van der Waals surface area contributed by atoms with Crippen molar-refractivity contribution in [3.63, 3.8) is 0 Å². The minimum absolute atomic E-state index is 0.0505. The van der Waals surface area contributed by atoms with Crippen molar-refractivity contribution < 1.29 is 15.1 Å². The smallest absolute Gasteiger partial charge is 0.238 e. The van der Waals surface area contributed by atoms with Gasteiger partial charge in [0, 0.05) is 27.5 Å². The van der Waals surface area contributed by atoms with Gasteiger partial charge in [-0.25, -0.2) is 4.98 Å². The summed E-state index contributed by atoms with van der Waals surface area (Å²) < 4.78 is 103. The van der Waals surface area contributed by atoms with E-state index in [1.54, 1.807) is 6.07 Å². The van der Waals surface area contributed by atoms with Crippen molar-refractivity contribution in [2.45, 2.75) is 0 Å². The van der Waals surface area contributed by atoms with Crippen molar-refractivity contribution in [3.8, 4) is 62.1 Å². The average molecular weight is 788 g/mol. The predicted molar refractivity (Wildman–Crippen MR) is 254 cm³/mol. The number of para-hydroxylation sites is 1. The van der Waals surface area contributed by atoms with Crippen LogP contribution < -0.4 is 0 Å². The zero-order chi connectivity index (χ0) is 49.9. The maximum atomic E-state index is 9.96. The summed E-state index contributed by atoms with van der Waals surface area (Å²) in [5.41, 5.74) is 2.60. The first-order valence-corrected chi connectivity index (χ1v) is 19.8. The number of hydrogen-bond acceptors (Lipinski definition) is 3. The van der Waals surface area contributed by atoms with E-state index in [1.165, 1.54) is 4.57 Å². The van der Waals surface area contributed by atoms with E-state index in [2.05, 4.69) is 24.3 Å². The van der Waals surface area contributed by atoms with E-state index in [0.717, 1.165) is 43.4 Å². The van der Waals surface area contributed by atoms with E-state index in [-0.39, 0.29) is 51.0 Å². The molecule has 0 bridgehead atoms. The lowest BCUT2D eigenvalue weighted by molar-refractivity contribution is 0.954. The molecular formula is C57H36N4. The molecule has 0 saturated heterocycles. The minimum Gasteiger partial charge on any atom is -0.277 e. The van der Waals surface area contributed by atoms with Crippen LogP contribution in [0.3, 0.4) is 0 Å². The standard InChI is InChI=1S/C57H36N4/c1-4-16-37(17-5-1)40-22-14-23-42(34-40)44-28-15-29-50-52-35-41(38-18-6-2-7-19-38)31-33-53(52)61(54(44)50)57-59-55(39-20-8-3-9-21-39)58-56(60-57)43-30-32-49-47-26-11-10-24-45(47)46-25-12-13-27-48(46)51(49)36-43/h1-36H/i2D,6D,7D,15D,18D,19D,28D,29D,31D,33D,35D. The molecule has 10 aromatic carbocycles. The number of hydrogen-bond donors (Lipinski definition) is 0. The van der Waals surface area contributed by atoms with Crippen LogP contribution in [0.25, 0.3) is 116 Å². The SMILES string of the molecule is [2H]c1c([2H])c([2H])c(-c2c([2H])c([2H])c3c(c2[2H])c2c([2H])c([2H])c([2H])c(-c4cccc(-c5ccccc5)c4)c2n3-c2nc(-c3ccccc3)nc(-c3ccc4c5ccccc5c5ccccc5c4c3)n2)c([2H])c1[2H]. The van der Waals surface area contributed by atoms with Gasteiger partial charge < -0.3 is 0 Å². The van der Waals surface area contributed by atoms with Crippen molar-refractivity contribution in [2.75, 3.05) is 0 Å². The molecule has 12 rings (SSSR count). The maximum absolute atomic E-state index is 9.96. The van der Waals surface area contributed by atoms with Crippen LogP contribution >= 0.6 is 0 Å². The lowest BCUT2D eigenvalue weighted by atomic mass is 9.93. The van der Waals surface area contributed by atoms with Crippen molar-refractivity contribution >= 4 is 54.1 Å². The second-order valence-electron chi connectivity index (χ2n) is 14.7. The zero-order valence-electron chi connectivity index (χ0n) is 43.2. The lowest BCUT2D eigenvalue weighted by Crippen LogP contribution is -2.07. The quantitative estimate of drug-likeness (QED) is 0.158. The Kier molecular flexibility index (Phi) is 5.92.